The molecule has 0 spiro atoms. The summed E-state index contributed by atoms with van der Waals surface area (Å²) >= 11 is 5.85. The summed E-state index contributed by atoms with van der Waals surface area (Å²) in [6.07, 6.45) is 1.49. The van der Waals surface area contributed by atoms with E-state index in [0.717, 1.165) is 5.69 Å². The molecule has 0 bridgehead atoms. The summed E-state index contributed by atoms with van der Waals surface area (Å²) in [6.45, 7) is -0.102. The predicted octanol–water partition coefficient (Wildman–Crippen LogP) is 2.33. The molecule has 0 fully saturated rings. The number of nitrogens with one attached hydrogen (secondary N) is 1. The van der Waals surface area contributed by atoms with Gasteiger partial charge < -0.3 is 10.1 Å². The lowest BCUT2D eigenvalue weighted by Crippen LogP contribution is -2.20. The molecule has 0 aliphatic rings. The van der Waals surface area contributed by atoms with Gasteiger partial charge in [-0.15, -0.1) is 5.10 Å². The third kappa shape index (κ3) is 4.04. The van der Waals surface area contributed by atoms with Gasteiger partial charge in [-0.1, -0.05) is 17.7 Å². The lowest BCUT2D eigenvalue weighted by molar-refractivity contribution is -0.118. The molecule has 3 rings (SSSR count). The molecule has 1 heterocycles. The second-order valence-corrected chi connectivity index (χ2v) is 5.03. The van der Waals surface area contributed by atoms with Crippen LogP contribution < -0.4 is 10.1 Å². The van der Waals surface area contributed by atoms with Crippen molar-refractivity contribution < 1.29 is 9.53 Å². The second kappa shape index (κ2) is 6.89. The van der Waals surface area contributed by atoms with E-state index in [9.17, 15) is 4.79 Å². The van der Waals surface area contributed by atoms with Gasteiger partial charge in [0, 0.05) is 10.7 Å². The van der Waals surface area contributed by atoms with E-state index in [2.05, 4.69) is 20.8 Å². The van der Waals surface area contributed by atoms with Gasteiger partial charge in [-0.05, 0) is 52.9 Å². The van der Waals surface area contributed by atoms with Crippen LogP contribution in [-0.4, -0.2) is 32.7 Å². The Kier molecular flexibility index (Phi) is 4.49. The largest absolute Gasteiger partial charge is 0.484 e. The average molecular weight is 330 g/mol. The first-order chi connectivity index (χ1) is 11.2. The van der Waals surface area contributed by atoms with Gasteiger partial charge in [0.1, 0.15) is 12.1 Å². The molecular formula is C15H12ClN5O2. The van der Waals surface area contributed by atoms with Gasteiger partial charge in [0.05, 0.1) is 5.69 Å². The van der Waals surface area contributed by atoms with Crippen LogP contribution in [0.1, 0.15) is 0 Å². The summed E-state index contributed by atoms with van der Waals surface area (Å²) in [5, 5.41) is 14.2. The third-order valence-electron chi connectivity index (χ3n) is 2.93. The first kappa shape index (κ1) is 15.0. The van der Waals surface area contributed by atoms with E-state index in [-0.39, 0.29) is 12.5 Å². The fraction of sp³-hybridized carbons (Fsp3) is 0.0667. The Hall–Kier alpha value is -2.93. The Balaban J connectivity index is 1.55. The van der Waals surface area contributed by atoms with Crippen molar-refractivity contribution in [2.75, 3.05) is 11.9 Å². The Morgan fingerprint density at radius 2 is 2.04 bits per heavy atom. The van der Waals surface area contributed by atoms with Crippen molar-refractivity contribution in [2.45, 2.75) is 0 Å². The second-order valence-electron chi connectivity index (χ2n) is 4.60. The minimum Gasteiger partial charge on any atom is -0.484 e. The van der Waals surface area contributed by atoms with Gasteiger partial charge in [0.25, 0.3) is 5.91 Å². The van der Waals surface area contributed by atoms with Crippen LogP contribution in [0, 0.1) is 0 Å². The monoisotopic (exact) mass is 329 g/mol. The maximum absolute atomic E-state index is 11.9. The number of halogens is 1. The van der Waals surface area contributed by atoms with Crippen molar-refractivity contribution in [2.24, 2.45) is 0 Å². The summed E-state index contributed by atoms with van der Waals surface area (Å²) in [7, 11) is 0. The molecule has 0 saturated heterocycles. The standard InChI is InChI=1S/C15H12ClN5O2/c16-11-2-1-3-14(8-11)23-9-15(22)18-12-4-6-13(7-5-12)21-10-17-19-20-21/h1-8,10H,9H2,(H,18,22). The zero-order valence-corrected chi connectivity index (χ0v) is 12.6. The fourth-order valence-corrected chi connectivity index (χ4v) is 2.06. The molecule has 1 amide bonds. The van der Waals surface area contributed by atoms with Crippen molar-refractivity contribution in [3.8, 4) is 11.4 Å². The Morgan fingerprint density at radius 3 is 2.74 bits per heavy atom. The zero-order chi connectivity index (χ0) is 16.1. The number of hydrogen-bond acceptors (Lipinski definition) is 5. The predicted molar refractivity (Wildman–Crippen MR) is 84.7 cm³/mol. The van der Waals surface area contributed by atoms with Crippen molar-refractivity contribution in [1.82, 2.24) is 20.2 Å². The third-order valence-corrected chi connectivity index (χ3v) is 3.17. The van der Waals surface area contributed by atoms with Gasteiger partial charge in [-0.25, -0.2) is 4.68 Å². The molecule has 0 unspecified atom stereocenters. The molecule has 8 heteroatoms. The molecule has 0 aliphatic carbocycles. The van der Waals surface area contributed by atoms with E-state index in [4.69, 9.17) is 16.3 Å². The number of nitrogens with zero attached hydrogens (tertiary/aromatic N) is 4. The number of benzene rings is 2. The molecule has 23 heavy (non-hydrogen) atoms. The molecule has 3 aromatic rings. The maximum Gasteiger partial charge on any atom is 0.262 e. The molecule has 2 aromatic carbocycles. The minimum atomic E-state index is -0.264. The molecule has 0 atom stereocenters. The highest BCUT2D eigenvalue weighted by Crippen LogP contribution is 2.17. The van der Waals surface area contributed by atoms with Gasteiger partial charge in [0.2, 0.25) is 0 Å². The van der Waals surface area contributed by atoms with Gasteiger partial charge >= 0.3 is 0 Å². The number of ether oxygens (including phenoxy) is 1. The maximum atomic E-state index is 11.9. The lowest BCUT2D eigenvalue weighted by Gasteiger charge is -2.08. The van der Waals surface area contributed by atoms with Crippen LogP contribution in [0.25, 0.3) is 5.69 Å². The van der Waals surface area contributed by atoms with Gasteiger partial charge in [-0.2, -0.15) is 0 Å². The van der Waals surface area contributed by atoms with Gasteiger partial charge in [0.15, 0.2) is 6.61 Å². The van der Waals surface area contributed by atoms with Crippen LogP contribution >= 0.6 is 11.6 Å². The Bertz CT molecular complexity index is 790. The van der Waals surface area contributed by atoms with Crippen molar-refractivity contribution in [3.63, 3.8) is 0 Å². The number of rotatable bonds is 5. The highest BCUT2D eigenvalue weighted by atomic mass is 35.5. The van der Waals surface area contributed by atoms with Crippen LogP contribution in [0.3, 0.4) is 0 Å². The number of tetrazole rings is 1. The van der Waals surface area contributed by atoms with E-state index >= 15 is 0 Å². The van der Waals surface area contributed by atoms with E-state index in [0.29, 0.717) is 16.5 Å². The smallest absolute Gasteiger partial charge is 0.262 e. The van der Waals surface area contributed by atoms with Crippen LogP contribution in [0.2, 0.25) is 5.02 Å². The number of carbonyl (C=O) groups is 1. The first-order valence-electron chi connectivity index (χ1n) is 6.72. The summed E-state index contributed by atoms with van der Waals surface area (Å²) in [6, 6.07) is 14.0. The number of carbonyl (C=O) groups excluding carboxylic acids is 1. The summed E-state index contributed by atoms with van der Waals surface area (Å²) in [5.41, 5.74) is 1.45. The molecule has 0 radical (unpaired) electrons. The van der Waals surface area contributed by atoms with Crippen LogP contribution in [0.15, 0.2) is 54.9 Å². The van der Waals surface area contributed by atoms with E-state index < -0.39 is 0 Å². The molecule has 0 aliphatic heterocycles. The van der Waals surface area contributed by atoms with Crippen LogP contribution in [0.5, 0.6) is 5.75 Å². The normalized spacial score (nSPS) is 10.3. The molecule has 1 aromatic heterocycles. The van der Waals surface area contributed by atoms with E-state index in [1.165, 1.54) is 11.0 Å². The Labute approximate surface area is 136 Å². The number of aromatic nitrogens is 4. The van der Waals surface area contributed by atoms with Crippen molar-refractivity contribution in [3.05, 3.63) is 59.9 Å². The minimum absolute atomic E-state index is 0.102. The molecule has 0 saturated carbocycles. The molecule has 1 N–H and O–H groups in total. The lowest BCUT2D eigenvalue weighted by atomic mass is 10.3. The topological polar surface area (TPSA) is 81.9 Å². The average Bonchev–Trinajstić information content (AvgIpc) is 3.08. The molecular weight excluding hydrogens is 318 g/mol. The SMILES string of the molecule is O=C(COc1cccc(Cl)c1)Nc1ccc(-n2cnnn2)cc1. The summed E-state index contributed by atoms with van der Waals surface area (Å²) < 4.78 is 6.90. The highest BCUT2D eigenvalue weighted by Gasteiger charge is 2.05. The first-order valence-corrected chi connectivity index (χ1v) is 7.10. The summed E-state index contributed by atoms with van der Waals surface area (Å²) in [5.74, 6) is 0.279. The zero-order valence-electron chi connectivity index (χ0n) is 11.9. The molecule has 7 nitrogen and oxygen atoms in total. The summed E-state index contributed by atoms with van der Waals surface area (Å²) in [4.78, 5) is 11.9. The quantitative estimate of drug-likeness (QED) is 0.777. The fourth-order valence-electron chi connectivity index (χ4n) is 1.88. The van der Waals surface area contributed by atoms with E-state index in [1.807, 2.05) is 0 Å². The van der Waals surface area contributed by atoms with Crippen molar-refractivity contribution >= 4 is 23.2 Å². The van der Waals surface area contributed by atoms with Crippen LogP contribution in [0.4, 0.5) is 5.69 Å². The van der Waals surface area contributed by atoms with Crippen molar-refractivity contribution in [1.29, 1.82) is 0 Å². The number of amides is 1. The number of hydrogen-bond donors (Lipinski definition) is 1. The van der Waals surface area contributed by atoms with Crippen LogP contribution in [-0.2, 0) is 4.79 Å². The Morgan fingerprint density at radius 1 is 1.22 bits per heavy atom. The molecule has 116 valence electrons. The highest BCUT2D eigenvalue weighted by molar-refractivity contribution is 6.30. The van der Waals surface area contributed by atoms with E-state index in [1.54, 1.807) is 48.5 Å². The van der Waals surface area contributed by atoms with Gasteiger partial charge in [-0.3, -0.25) is 4.79 Å². The number of anilines is 1.